The Labute approximate surface area is 108 Å². The van der Waals surface area contributed by atoms with Gasteiger partial charge in [0.05, 0.1) is 4.47 Å². The third-order valence-electron chi connectivity index (χ3n) is 2.26. The van der Waals surface area contributed by atoms with Gasteiger partial charge in [0.1, 0.15) is 11.6 Å². The van der Waals surface area contributed by atoms with Gasteiger partial charge in [0, 0.05) is 0 Å². The minimum atomic E-state index is -1.00. The highest BCUT2D eigenvalue weighted by atomic mass is 79.9. The van der Waals surface area contributed by atoms with Gasteiger partial charge in [-0.05, 0) is 47.0 Å². The number of carboxylic acid groups (broad SMARTS) is 1. The molecule has 0 fully saturated rings. The van der Waals surface area contributed by atoms with Crippen molar-refractivity contribution in [3.05, 3.63) is 28.5 Å². The fraction of sp³-hybridized carbons (Fsp3) is 0.417. The van der Waals surface area contributed by atoms with Crippen molar-refractivity contribution in [2.45, 2.75) is 32.3 Å². The van der Waals surface area contributed by atoms with E-state index in [4.69, 9.17) is 9.84 Å². The SMILES string of the molecule is CCCCC(Oc1ccc(F)cc1Br)C(=O)O. The quantitative estimate of drug-likeness (QED) is 0.873. The molecule has 3 nitrogen and oxygen atoms in total. The molecule has 17 heavy (non-hydrogen) atoms. The van der Waals surface area contributed by atoms with Crippen molar-refractivity contribution in [1.29, 1.82) is 0 Å². The maximum atomic E-state index is 12.8. The number of ether oxygens (including phenoxy) is 1. The summed E-state index contributed by atoms with van der Waals surface area (Å²) in [7, 11) is 0. The van der Waals surface area contributed by atoms with Crippen molar-refractivity contribution in [2.24, 2.45) is 0 Å². The summed E-state index contributed by atoms with van der Waals surface area (Å²) < 4.78 is 18.6. The molecule has 0 saturated carbocycles. The second-order valence-corrected chi connectivity index (χ2v) is 4.52. The van der Waals surface area contributed by atoms with Crippen LogP contribution in [-0.4, -0.2) is 17.2 Å². The van der Waals surface area contributed by atoms with Crippen molar-refractivity contribution in [3.63, 3.8) is 0 Å². The molecule has 0 spiro atoms. The van der Waals surface area contributed by atoms with Crippen LogP contribution in [0.3, 0.4) is 0 Å². The van der Waals surface area contributed by atoms with E-state index in [-0.39, 0.29) is 0 Å². The Morgan fingerprint density at radius 2 is 2.29 bits per heavy atom. The molecule has 94 valence electrons. The molecule has 0 heterocycles. The fourth-order valence-corrected chi connectivity index (χ4v) is 1.79. The summed E-state index contributed by atoms with van der Waals surface area (Å²) in [5.41, 5.74) is 0. The smallest absolute Gasteiger partial charge is 0.344 e. The number of aliphatic carboxylic acids is 1. The minimum Gasteiger partial charge on any atom is -0.479 e. The number of carboxylic acids is 1. The van der Waals surface area contributed by atoms with Crippen LogP contribution in [0.25, 0.3) is 0 Å². The van der Waals surface area contributed by atoms with E-state index in [1.165, 1.54) is 18.2 Å². The van der Waals surface area contributed by atoms with Crippen molar-refractivity contribution in [1.82, 2.24) is 0 Å². The number of benzene rings is 1. The highest BCUT2D eigenvalue weighted by molar-refractivity contribution is 9.10. The number of rotatable bonds is 6. The zero-order valence-corrected chi connectivity index (χ0v) is 11.0. The molecule has 1 rings (SSSR count). The Bertz CT molecular complexity index is 395. The van der Waals surface area contributed by atoms with E-state index in [1.807, 2.05) is 6.92 Å². The molecular weight excluding hydrogens is 291 g/mol. The van der Waals surface area contributed by atoms with Gasteiger partial charge < -0.3 is 9.84 Å². The first-order chi connectivity index (χ1) is 8.04. The minimum absolute atomic E-state index is 0.343. The van der Waals surface area contributed by atoms with E-state index in [1.54, 1.807) is 0 Å². The van der Waals surface area contributed by atoms with Gasteiger partial charge in [-0.3, -0.25) is 0 Å². The Morgan fingerprint density at radius 1 is 1.59 bits per heavy atom. The molecule has 0 saturated heterocycles. The van der Waals surface area contributed by atoms with E-state index in [0.717, 1.165) is 12.8 Å². The summed E-state index contributed by atoms with van der Waals surface area (Å²) in [6, 6.07) is 3.90. The molecule has 1 aromatic rings. The van der Waals surface area contributed by atoms with E-state index in [9.17, 15) is 9.18 Å². The van der Waals surface area contributed by atoms with Crippen LogP contribution in [0.2, 0.25) is 0 Å². The van der Waals surface area contributed by atoms with Crippen molar-refractivity contribution < 1.29 is 19.0 Å². The van der Waals surface area contributed by atoms with Crippen molar-refractivity contribution in [3.8, 4) is 5.75 Å². The topological polar surface area (TPSA) is 46.5 Å². The van der Waals surface area contributed by atoms with E-state index in [2.05, 4.69) is 15.9 Å². The lowest BCUT2D eigenvalue weighted by Crippen LogP contribution is -2.27. The standard InChI is InChI=1S/C12H14BrFO3/c1-2-3-4-11(12(15)16)17-10-6-5-8(14)7-9(10)13/h5-7,11H,2-4H2,1H3,(H,15,16). The molecule has 0 aliphatic carbocycles. The van der Waals surface area contributed by atoms with Gasteiger partial charge in [0.15, 0.2) is 6.10 Å². The van der Waals surface area contributed by atoms with Crippen LogP contribution < -0.4 is 4.74 Å². The van der Waals surface area contributed by atoms with Crippen LogP contribution in [-0.2, 0) is 4.79 Å². The summed E-state index contributed by atoms with van der Waals surface area (Å²) in [6.45, 7) is 1.98. The second kappa shape index (κ2) is 6.59. The average molecular weight is 305 g/mol. The monoisotopic (exact) mass is 304 g/mol. The molecule has 0 radical (unpaired) electrons. The lowest BCUT2D eigenvalue weighted by molar-refractivity contribution is -0.145. The molecule has 1 atom stereocenters. The molecule has 0 aromatic heterocycles. The normalized spacial score (nSPS) is 12.2. The van der Waals surface area contributed by atoms with Gasteiger partial charge in [0.2, 0.25) is 0 Å². The number of hydrogen-bond acceptors (Lipinski definition) is 2. The van der Waals surface area contributed by atoms with Gasteiger partial charge in [-0.2, -0.15) is 0 Å². The first-order valence-corrected chi connectivity index (χ1v) is 6.18. The highest BCUT2D eigenvalue weighted by Gasteiger charge is 2.19. The Balaban J connectivity index is 2.75. The lowest BCUT2D eigenvalue weighted by Gasteiger charge is -2.15. The summed E-state index contributed by atoms with van der Waals surface area (Å²) in [5.74, 6) is -1.06. The van der Waals surface area contributed by atoms with Crippen molar-refractivity contribution in [2.75, 3.05) is 0 Å². The summed E-state index contributed by atoms with van der Waals surface area (Å²) in [5, 5.41) is 8.99. The van der Waals surface area contributed by atoms with Crippen LogP contribution in [0.15, 0.2) is 22.7 Å². The van der Waals surface area contributed by atoms with Gasteiger partial charge in [-0.1, -0.05) is 13.3 Å². The summed E-state index contributed by atoms with van der Waals surface area (Å²) in [4.78, 5) is 11.0. The molecule has 1 aromatic carbocycles. The maximum Gasteiger partial charge on any atom is 0.344 e. The van der Waals surface area contributed by atoms with Crippen LogP contribution >= 0.6 is 15.9 Å². The molecule has 0 bridgehead atoms. The average Bonchev–Trinajstić information content (AvgIpc) is 2.26. The van der Waals surface area contributed by atoms with E-state index in [0.29, 0.717) is 16.6 Å². The van der Waals surface area contributed by atoms with Crippen LogP contribution in [0, 0.1) is 5.82 Å². The Morgan fingerprint density at radius 3 is 2.82 bits per heavy atom. The van der Waals surface area contributed by atoms with E-state index >= 15 is 0 Å². The molecule has 1 unspecified atom stereocenters. The number of unbranched alkanes of at least 4 members (excludes halogenated alkanes) is 1. The number of hydrogen-bond donors (Lipinski definition) is 1. The zero-order chi connectivity index (χ0) is 12.8. The molecule has 0 aliphatic heterocycles. The molecular formula is C12H14BrFO3. The van der Waals surface area contributed by atoms with Gasteiger partial charge >= 0.3 is 5.97 Å². The van der Waals surface area contributed by atoms with Gasteiger partial charge in [0.25, 0.3) is 0 Å². The Kier molecular flexibility index (Phi) is 5.41. The fourth-order valence-electron chi connectivity index (χ4n) is 1.35. The van der Waals surface area contributed by atoms with Crippen LogP contribution in [0.5, 0.6) is 5.75 Å². The first-order valence-electron chi connectivity index (χ1n) is 5.39. The molecule has 5 heteroatoms. The Hall–Kier alpha value is -1.10. The largest absolute Gasteiger partial charge is 0.479 e. The first kappa shape index (κ1) is 14.0. The summed E-state index contributed by atoms with van der Waals surface area (Å²) >= 11 is 3.13. The number of halogens is 2. The van der Waals surface area contributed by atoms with Crippen molar-refractivity contribution >= 4 is 21.9 Å². The van der Waals surface area contributed by atoms with Gasteiger partial charge in [-0.25, -0.2) is 9.18 Å². The highest BCUT2D eigenvalue weighted by Crippen LogP contribution is 2.27. The lowest BCUT2D eigenvalue weighted by atomic mass is 10.1. The molecule has 0 aliphatic rings. The summed E-state index contributed by atoms with van der Waals surface area (Å²) in [6.07, 6.45) is 1.22. The van der Waals surface area contributed by atoms with Crippen LogP contribution in [0.1, 0.15) is 26.2 Å². The number of carbonyl (C=O) groups is 1. The predicted octanol–water partition coefficient (Wildman–Crippen LogP) is 3.61. The molecule has 0 amide bonds. The van der Waals surface area contributed by atoms with Gasteiger partial charge in [-0.15, -0.1) is 0 Å². The van der Waals surface area contributed by atoms with E-state index < -0.39 is 17.9 Å². The maximum absolute atomic E-state index is 12.8. The third kappa shape index (κ3) is 4.34. The molecule has 1 N–H and O–H groups in total. The zero-order valence-electron chi connectivity index (χ0n) is 9.45. The van der Waals surface area contributed by atoms with Crippen LogP contribution in [0.4, 0.5) is 4.39 Å². The second-order valence-electron chi connectivity index (χ2n) is 3.66. The third-order valence-corrected chi connectivity index (χ3v) is 2.88. The predicted molar refractivity (Wildman–Crippen MR) is 65.7 cm³/mol.